The van der Waals surface area contributed by atoms with Gasteiger partial charge in [0.2, 0.25) is 0 Å². The van der Waals surface area contributed by atoms with Crippen molar-refractivity contribution < 1.29 is 9.13 Å². The van der Waals surface area contributed by atoms with E-state index in [0.29, 0.717) is 27.5 Å². The quantitative estimate of drug-likeness (QED) is 0.777. The first-order valence-corrected chi connectivity index (χ1v) is 6.15. The number of benzene rings is 1. The zero-order valence-corrected chi connectivity index (χ0v) is 11.0. The van der Waals surface area contributed by atoms with Gasteiger partial charge in [-0.25, -0.2) is 4.39 Å². The van der Waals surface area contributed by atoms with E-state index in [2.05, 4.69) is 20.9 Å². The maximum absolute atomic E-state index is 13.1. The summed E-state index contributed by atoms with van der Waals surface area (Å²) >= 11 is 8.96. The molecular weight excluding hydrogens is 308 g/mol. The van der Waals surface area contributed by atoms with Crippen molar-refractivity contribution >= 4 is 27.5 Å². The second kappa shape index (κ2) is 5.47. The number of alkyl halides is 1. The van der Waals surface area contributed by atoms with E-state index in [9.17, 15) is 4.39 Å². The highest BCUT2D eigenvalue weighted by Gasteiger charge is 2.05. The fraction of sp³-hybridized carbons (Fsp3) is 0.0833. The average molecular weight is 317 g/mol. The third kappa shape index (κ3) is 3.17. The lowest BCUT2D eigenvalue weighted by atomic mass is 10.3. The van der Waals surface area contributed by atoms with Crippen molar-refractivity contribution in [2.45, 2.75) is 5.88 Å². The number of pyridine rings is 1. The minimum Gasteiger partial charge on any atom is -0.456 e. The van der Waals surface area contributed by atoms with Crippen LogP contribution in [0.5, 0.6) is 11.5 Å². The van der Waals surface area contributed by atoms with E-state index in [1.54, 1.807) is 24.4 Å². The van der Waals surface area contributed by atoms with Crippen LogP contribution in [0.4, 0.5) is 4.39 Å². The summed E-state index contributed by atoms with van der Waals surface area (Å²) < 4.78 is 19.3. The van der Waals surface area contributed by atoms with Crippen molar-refractivity contribution in [3.05, 3.63) is 52.5 Å². The Hall–Kier alpha value is -1.13. The number of hydrogen-bond donors (Lipinski definition) is 0. The molecule has 0 unspecified atom stereocenters. The smallest absolute Gasteiger partial charge is 0.144 e. The summed E-state index contributed by atoms with van der Waals surface area (Å²) in [4.78, 5) is 4.04. The number of rotatable bonds is 3. The van der Waals surface area contributed by atoms with Crippen LogP contribution in [0.3, 0.4) is 0 Å². The summed E-state index contributed by atoms with van der Waals surface area (Å²) in [5.41, 5.74) is 0.705. The molecule has 2 nitrogen and oxygen atoms in total. The number of hydrogen-bond acceptors (Lipinski definition) is 2. The summed E-state index contributed by atoms with van der Waals surface area (Å²) in [6, 6.07) is 7.66. The van der Waals surface area contributed by atoms with E-state index in [0.717, 1.165) is 0 Å². The van der Waals surface area contributed by atoms with Crippen LogP contribution in [0.15, 0.2) is 41.0 Å². The van der Waals surface area contributed by atoms with Crippen LogP contribution < -0.4 is 4.74 Å². The van der Waals surface area contributed by atoms with Gasteiger partial charge in [-0.3, -0.25) is 4.98 Å². The molecule has 0 atom stereocenters. The largest absolute Gasteiger partial charge is 0.456 e. The van der Waals surface area contributed by atoms with E-state index in [1.165, 1.54) is 12.1 Å². The van der Waals surface area contributed by atoms with Crippen molar-refractivity contribution in [3.8, 4) is 11.5 Å². The number of nitrogens with zero attached hydrogens (tertiary/aromatic N) is 1. The fourth-order valence-electron chi connectivity index (χ4n) is 1.28. The molecule has 0 radical (unpaired) electrons. The first-order chi connectivity index (χ1) is 8.19. The molecule has 0 aliphatic heterocycles. The Kier molecular flexibility index (Phi) is 3.97. The molecule has 17 heavy (non-hydrogen) atoms. The number of aromatic nitrogens is 1. The van der Waals surface area contributed by atoms with Crippen LogP contribution in [-0.2, 0) is 5.88 Å². The number of halogens is 3. The van der Waals surface area contributed by atoms with Gasteiger partial charge in [0.05, 0.1) is 16.0 Å². The van der Waals surface area contributed by atoms with Crippen molar-refractivity contribution in [1.82, 2.24) is 4.98 Å². The predicted octanol–water partition coefficient (Wildman–Crippen LogP) is 4.51. The molecule has 0 aliphatic carbocycles. The van der Waals surface area contributed by atoms with E-state index < -0.39 is 0 Å². The van der Waals surface area contributed by atoms with Crippen molar-refractivity contribution in [2.75, 3.05) is 0 Å². The van der Waals surface area contributed by atoms with E-state index in [-0.39, 0.29) is 5.82 Å². The Balaban J connectivity index is 2.27. The zero-order chi connectivity index (χ0) is 12.3. The van der Waals surface area contributed by atoms with Gasteiger partial charge in [0.1, 0.15) is 17.3 Å². The molecule has 2 rings (SSSR count). The lowest BCUT2D eigenvalue weighted by molar-refractivity contribution is 0.472. The van der Waals surface area contributed by atoms with Crippen LogP contribution in [0.2, 0.25) is 0 Å². The normalized spacial score (nSPS) is 10.3. The van der Waals surface area contributed by atoms with Gasteiger partial charge in [0.25, 0.3) is 0 Å². The Labute approximate surface area is 112 Å². The summed E-state index contributed by atoms with van der Waals surface area (Å²) in [6.07, 6.45) is 1.60. The molecule has 0 saturated heterocycles. The number of ether oxygens (including phenoxy) is 1. The SMILES string of the molecule is Fc1ccc(Br)c(Oc2ccnc(CCl)c2)c1. The molecule has 1 heterocycles. The highest BCUT2D eigenvalue weighted by Crippen LogP contribution is 2.30. The lowest BCUT2D eigenvalue weighted by Crippen LogP contribution is -1.90. The van der Waals surface area contributed by atoms with Crippen molar-refractivity contribution in [1.29, 1.82) is 0 Å². The van der Waals surface area contributed by atoms with Crippen molar-refractivity contribution in [3.63, 3.8) is 0 Å². The molecular formula is C12H8BrClFNO. The summed E-state index contributed by atoms with van der Waals surface area (Å²) in [6.45, 7) is 0. The molecule has 0 spiro atoms. The highest BCUT2D eigenvalue weighted by atomic mass is 79.9. The highest BCUT2D eigenvalue weighted by molar-refractivity contribution is 9.10. The minimum atomic E-state index is -0.352. The fourth-order valence-corrected chi connectivity index (χ4v) is 1.75. The monoisotopic (exact) mass is 315 g/mol. The molecule has 0 saturated carbocycles. The van der Waals surface area contributed by atoms with Crippen LogP contribution in [0, 0.1) is 5.82 Å². The Morgan fingerprint density at radius 3 is 2.88 bits per heavy atom. The van der Waals surface area contributed by atoms with Crippen LogP contribution >= 0.6 is 27.5 Å². The molecule has 1 aromatic heterocycles. The molecule has 0 amide bonds. The molecule has 0 fully saturated rings. The molecule has 0 bridgehead atoms. The first-order valence-electron chi connectivity index (χ1n) is 4.83. The van der Waals surface area contributed by atoms with Crippen LogP contribution in [0.1, 0.15) is 5.69 Å². The third-order valence-corrected chi connectivity index (χ3v) is 2.97. The van der Waals surface area contributed by atoms with Gasteiger partial charge in [0, 0.05) is 18.3 Å². The van der Waals surface area contributed by atoms with Crippen LogP contribution in [0.25, 0.3) is 0 Å². The summed E-state index contributed by atoms with van der Waals surface area (Å²) in [7, 11) is 0. The Morgan fingerprint density at radius 1 is 1.29 bits per heavy atom. The third-order valence-electron chi connectivity index (χ3n) is 2.05. The molecule has 0 N–H and O–H groups in total. The van der Waals surface area contributed by atoms with Gasteiger partial charge in [-0.2, -0.15) is 0 Å². The molecule has 2 aromatic rings. The molecule has 1 aromatic carbocycles. The van der Waals surface area contributed by atoms with Gasteiger partial charge >= 0.3 is 0 Å². The standard InChI is InChI=1S/C12H8BrClFNO/c13-11-2-1-8(15)5-12(11)17-10-3-4-16-9(6-10)7-14/h1-6H,7H2. The van der Waals surface area contributed by atoms with E-state index >= 15 is 0 Å². The van der Waals surface area contributed by atoms with Gasteiger partial charge in [0.15, 0.2) is 0 Å². The maximum Gasteiger partial charge on any atom is 0.144 e. The van der Waals surface area contributed by atoms with Gasteiger partial charge < -0.3 is 4.74 Å². The summed E-state index contributed by atoms with van der Waals surface area (Å²) in [5, 5.41) is 0. The lowest BCUT2D eigenvalue weighted by Gasteiger charge is -2.08. The van der Waals surface area contributed by atoms with Gasteiger partial charge in [-0.05, 0) is 34.1 Å². The van der Waals surface area contributed by atoms with Gasteiger partial charge in [-0.1, -0.05) is 0 Å². The zero-order valence-electron chi connectivity index (χ0n) is 8.66. The van der Waals surface area contributed by atoms with E-state index in [4.69, 9.17) is 16.3 Å². The van der Waals surface area contributed by atoms with Crippen LogP contribution in [-0.4, -0.2) is 4.98 Å². The second-order valence-electron chi connectivity index (χ2n) is 3.29. The molecule has 5 heteroatoms. The topological polar surface area (TPSA) is 22.1 Å². The Bertz CT molecular complexity index is 536. The maximum atomic E-state index is 13.1. The second-order valence-corrected chi connectivity index (χ2v) is 4.41. The molecule has 0 aliphatic rings. The van der Waals surface area contributed by atoms with E-state index in [1.807, 2.05) is 0 Å². The van der Waals surface area contributed by atoms with Crippen molar-refractivity contribution in [2.24, 2.45) is 0 Å². The average Bonchev–Trinajstić information content (AvgIpc) is 2.34. The summed E-state index contributed by atoms with van der Waals surface area (Å²) in [5.74, 6) is 0.940. The van der Waals surface area contributed by atoms with Gasteiger partial charge in [-0.15, -0.1) is 11.6 Å². The minimum absolute atomic E-state index is 0.307. The first kappa shape index (κ1) is 12.3. The predicted molar refractivity (Wildman–Crippen MR) is 68.0 cm³/mol. The Morgan fingerprint density at radius 2 is 2.12 bits per heavy atom. The molecule has 88 valence electrons.